The Kier molecular flexibility index (Phi) is 12.1. The molecule has 0 bridgehead atoms. The minimum Gasteiger partial charge on any atom is -0.354 e. The van der Waals surface area contributed by atoms with Crippen LogP contribution in [-0.2, 0) is 32.6 Å². The van der Waals surface area contributed by atoms with Gasteiger partial charge in [0.1, 0.15) is 6.04 Å². The van der Waals surface area contributed by atoms with E-state index in [0.717, 1.165) is 23.8 Å². The number of carbonyl (C=O) groups excluding carboxylic acids is 2. The van der Waals surface area contributed by atoms with Gasteiger partial charge >= 0.3 is 0 Å². The van der Waals surface area contributed by atoms with Gasteiger partial charge in [0.25, 0.3) is 0 Å². The van der Waals surface area contributed by atoms with Gasteiger partial charge in [-0.15, -0.1) is 0 Å². The first-order chi connectivity index (χ1) is 19.5. The highest BCUT2D eigenvalue weighted by Gasteiger charge is 2.31. The van der Waals surface area contributed by atoms with Crippen LogP contribution in [0.4, 0.5) is 5.69 Å². The highest BCUT2D eigenvalue weighted by atomic mass is 35.5. The Bertz CT molecular complexity index is 1410. The lowest BCUT2D eigenvalue weighted by atomic mass is 10.0. The molecule has 7 nitrogen and oxygen atoms in total. The highest BCUT2D eigenvalue weighted by molar-refractivity contribution is 7.92. The normalized spacial score (nSPS) is 12.0. The van der Waals surface area contributed by atoms with Gasteiger partial charge in [-0.25, -0.2) is 8.42 Å². The molecule has 41 heavy (non-hydrogen) atoms. The summed E-state index contributed by atoms with van der Waals surface area (Å²) in [5, 5.41) is 3.73. The summed E-state index contributed by atoms with van der Waals surface area (Å²) in [6.45, 7) is 4.46. The average Bonchev–Trinajstić information content (AvgIpc) is 2.92. The minimum absolute atomic E-state index is 0.0201. The summed E-state index contributed by atoms with van der Waals surface area (Å²) in [5.41, 5.74) is 2.91. The van der Waals surface area contributed by atoms with Gasteiger partial charge in [0.05, 0.1) is 11.9 Å². The van der Waals surface area contributed by atoms with Crippen LogP contribution < -0.4 is 9.62 Å². The summed E-state index contributed by atoms with van der Waals surface area (Å²) >= 11 is 13.0. The topological polar surface area (TPSA) is 86.8 Å². The molecule has 0 saturated heterocycles. The highest BCUT2D eigenvalue weighted by Crippen LogP contribution is 2.28. The molecule has 0 fully saturated rings. The predicted octanol–water partition coefficient (Wildman–Crippen LogP) is 6.01. The molecular formula is C31H37Cl2N3O4S. The Morgan fingerprint density at radius 2 is 1.61 bits per heavy atom. The van der Waals surface area contributed by atoms with E-state index >= 15 is 0 Å². The van der Waals surface area contributed by atoms with Gasteiger partial charge in [0, 0.05) is 48.1 Å². The maximum atomic E-state index is 13.9. The molecular weight excluding hydrogens is 581 g/mol. The quantitative estimate of drug-likeness (QED) is 0.240. The third-order valence-corrected chi connectivity index (χ3v) is 8.55. The lowest BCUT2D eigenvalue weighted by Gasteiger charge is -2.32. The van der Waals surface area contributed by atoms with Crippen LogP contribution in [0.5, 0.6) is 0 Å². The molecule has 0 aliphatic heterocycles. The monoisotopic (exact) mass is 617 g/mol. The van der Waals surface area contributed by atoms with Crippen LogP contribution in [0.3, 0.4) is 0 Å². The van der Waals surface area contributed by atoms with Crippen LogP contribution in [0.25, 0.3) is 0 Å². The zero-order valence-corrected chi connectivity index (χ0v) is 26.0. The van der Waals surface area contributed by atoms with E-state index in [2.05, 4.69) is 5.32 Å². The maximum Gasteiger partial charge on any atom is 0.243 e. The van der Waals surface area contributed by atoms with E-state index in [-0.39, 0.29) is 37.7 Å². The second-order valence-corrected chi connectivity index (χ2v) is 12.7. The minimum atomic E-state index is -3.58. The van der Waals surface area contributed by atoms with Crippen molar-refractivity contribution in [1.82, 2.24) is 10.2 Å². The molecule has 2 amide bonds. The Morgan fingerprint density at radius 3 is 2.22 bits per heavy atom. The summed E-state index contributed by atoms with van der Waals surface area (Å²) in [7, 11) is -3.58. The first-order valence-electron chi connectivity index (χ1n) is 13.6. The predicted molar refractivity (Wildman–Crippen MR) is 167 cm³/mol. The standard InChI is InChI=1S/C31H37Cl2N3O4S/c1-4-18-34-31(38)29(21-24-12-6-5-7-13-24)35(22-26-27(32)15-9-16-28(26)33)30(37)17-10-19-36(41(3,39)40)25-14-8-11-23(2)20-25/h5-9,11-16,20,29H,4,10,17-19,21-22H2,1-3H3,(H,34,38). The second kappa shape index (κ2) is 15.2. The van der Waals surface area contributed by atoms with Gasteiger partial charge in [0.15, 0.2) is 0 Å². The van der Waals surface area contributed by atoms with Gasteiger partial charge < -0.3 is 10.2 Å². The number of hydrogen-bond acceptors (Lipinski definition) is 4. The summed E-state index contributed by atoms with van der Waals surface area (Å²) < 4.78 is 26.5. The first kappa shape index (κ1) is 32.4. The van der Waals surface area contributed by atoms with E-state index in [1.165, 1.54) is 9.21 Å². The van der Waals surface area contributed by atoms with E-state index in [9.17, 15) is 18.0 Å². The molecule has 1 N–H and O–H groups in total. The van der Waals surface area contributed by atoms with Crippen LogP contribution in [0.2, 0.25) is 10.0 Å². The Balaban J connectivity index is 1.91. The van der Waals surface area contributed by atoms with E-state index in [1.807, 2.05) is 50.2 Å². The molecule has 220 valence electrons. The first-order valence-corrected chi connectivity index (χ1v) is 16.2. The summed E-state index contributed by atoms with van der Waals surface area (Å²) in [6, 6.07) is 21.0. The molecule has 0 saturated carbocycles. The van der Waals surface area contributed by atoms with Crippen LogP contribution in [-0.4, -0.2) is 50.5 Å². The zero-order valence-electron chi connectivity index (χ0n) is 23.6. The third kappa shape index (κ3) is 9.48. The molecule has 1 atom stereocenters. The molecule has 0 radical (unpaired) electrons. The van der Waals surface area contributed by atoms with Gasteiger partial charge in [0.2, 0.25) is 21.8 Å². The van der Waals surface area contributed by atoms with Crippen molar-refractivity contribution in [2.75, 3.05) is 23.7 Å². The van der Waals surface area contributed by atoms with Gasteiger partial charge in [-0.1, -0.05) is 78.7 Å². The maximum absolute atomic E-state index is 13.9. The summed E-state index contributed by atoms with van der Waals surface area (Å²) in [4.78, 5) is 28.9. The van der Waals surface area contributed by atoms with E-state index in [1.54, 1.807) is 36.4 Å². The number of nitrogens with zero attached hydrogens (tertiary/aromatic N) is 2. The molecule has 3 aromatic rings. The van der Waals surface area contributed by atoms with Crippen molar-refractivity contribution in [2.45, 2.75) is 52.1 Å². The number of nitrogens with one attached hydrogen (secondary N) is 1. The second-order valence-electron chi connectivity index (χ2n) is 10.00. The summed E-state index contributed by atoms with van der Waals surface area (Å²) in [6.07, 6.45) is 2.46. The fourth-order valence-electron chi connectivity index (χ4n) is 4.56. The Labute approximate surface area is 253 Å². The van der Waals surface area contributed by atoms with Crippen molar-refractivity contribution in [2.24, 2.45) is 0 Å². The number of anilines is 1. The number of hydrogen-bond donors (Lipinski definition) is 1. The lowest BCUT2D eigenvalue weighted by Crippen LogP contribution is -2.50. The van der Waals surface area contributed by atoms with Gasteiger partial charge in [-0.3, -0.25) is 13.9 Å². The number of rotatable bonds is 14. The number of aryl methyl sites for hydroxylation is 1. The Morgan fingerprint density at radius 1 is 0.951 bits per heavy atom. The average molecular weight is 619 g/mol. The molecule has 3 rings (SSSR count). The SMILES string of the molecule is CCCNC(=O)C(Cc1ccccc1)N(Cc1c(Cl)cccc1Cl)C(=O)CCCN(c1cccc(C)c1)S(C)(=O)=O. The summed E-state index contributed by atoms with van der Waals surface area (Å²) in [5.74, 6) is -0.573. The van der Waals surface area contributed by atoms with Gasteiger partial charge in [-0.05, 0) is 55.2 Å². The van der Waals surface area contributed by atoms with Crippen molar-refractivity contribution >= 4 is 50.7 Å². The molecule has 10 heteroatoms. The van der Waals surface area contributed by atoms with Crippen LogP contribution in [0.1, 0.15) is 42.9 Å². The molecule has 0 spiro atoms. The van der Waals surface area contributed by atoms with Crippen molar-refractivity contribution < 1.29 is 18.0 Å². The lowest BCUT2D eigenvalue weighted by molar-refractivity contribution is -0.141. The number of halogens is 2. The third-order valence-electron chi connectivity index (χ3n) is 6.65. The van der Waals surface area contributed by atoms with Crippen molar-refractivity contribution in [3.63, 3.8) is 0 Å². The number of carbonyl (C=O) groups is 2. The molecule has 0 aromatic heterocycles. The number of benzene rings is 3. The van der Waals surface area contributed by atoms with Gasteiger partial charge in [-0.2, -0.15) is 0 Å². The fraction of sp³-hybridized carbons (Fsp3) is 0.355. The molecule has 0 aliphatic rings. The fourth-order valence-corrected chi connectivity index (χ4v) is 6.03. The Hall–Kier alpha value is -3.07. The zero-order chi connectivity index (χ0) is 30.0. The van der Waals surface area contributed by atoms with Crippen LogP contribution in [0.15, 0.2) is 72.8 Å². The molecule has 3 aromatic carbocycles. The van der Waals surface area contributed by atoms with E-state index < -0.39 is 16.1 Å². The largest absolute Gasteiger partial charge is 0.354 e. The molecule has 0 heterocycles. The van der Waals surface area contributed by atoms with E-state index in [4.69, 9.17) is 23.2 Å². The number of sulfonamides is 1. The molecule has 0 aliphatic carbocycles. The number of amides is 2. The van der Waals surface area contributed by atoms with Crippen molar-refractivity contribution in [3.05, 3.63) is 99.5 Å². The van der Waals surface area contributed by atoms with Crippen molar-refractivity contribution in [1.29, 1.82) is 0 Å². The molecule has 1 unspecified atom stereocenters. The van der Waals surface area contributed by atoms with Crippen LogP contribution >= 0.6 is 23.2 Å². The van der Waals surface area contributed by atoms with Crippen LogP contribution in [0, 0.1) is 6.92 Å². The smallest absolute Gasteiger partial charge is 0.243 e. The van der Waals surface area contributed by atoms with E-state index in [0.29, 0.717) is 34.3 Å². The van der Waals surface area contributed by atoms with Crippen molar-refractivity contribution in [3.8, 4) is 0 Å².